The molecule has 1 aliphatic heterocycles. The SMILES string of the molecule is C=CC(=C=O)N1CCNCC1. The summed E-state index contributed by atoms with van der Waals surface area (Å²) in [5, 5.41) is 3.20. The van der Waals surface area contributed by atoms with Crippen LogP contribution in [0.25, 0.3) is 0 Å². The van der Waals surface area contributed by atoms with Crippen LogP contribution in [0.15, 0.2) is 18.4 Å². The van der Waals surface area contributed by atoms with Crippen LogP contribution in [0.5, 0.6) is 0 Å². The van der Waals surface area contributed by atoms with Gasteiger partial charge in [-0.15, -0.1) is 0 Å². The molecule has 0 atom stereocenters. The molecule has 0 spiro atoms. The van der Waals surface area contributed by atoms with Crippen molar-refractivity contribution in [3.05, 3.63) is 18.4 Å². The van der Waals surface area contributed by atoms with Gasteiger partial charge in [-0.2, -0.15) is 0 Å². The first-order valence-corrected chi connectivity index (χ1v) is 3.71. The van der Waals surface area contributed by atoms with Crippen LogP contribution in [0.3, 0.4) is 0 Å². The maximum atomic E-state index is 10.3. The molecular formula is C8H12N2O. The predicted molar refractivity (Wildman–Crippen MR) is 43.8 cm³/mol. The zero-order valence-electron chi connectivity index (χ0n) is 6.47. The molecule has 0 bridgehead atoms. The smallest absolute Gasteiger partial charge is 0.150 e. The number of carbonyl (C=O) groups excluding carboxylic acids is 1. The molecule has 11 heavy (non-hydrogen) atoms. The van der Waals surface area contributed by atoms with Crippen molar-refractivity contribution in [2.45, 2.75) is 0 Å². The Kier molecular flexibility index (Phi) is 2.90. The fourth-order valence-corrected chi connectivity index (χ4v) is 1.14. The number of nitrogens with zero attached hydrogens (tertiary/aromatic N) is 1. The van der Waals surface area contributed by atoms with E-state index in [9.17, 15) is 4.79 Å². The third-order valence-corrected chi connectivity index (χ3v) is 1.76. The summed E-state index contributed by atoms with van der Waals surface area (Å²) in [6.07, 6.45) is 1.55. The number of hydrogen-bond donors (Lipinski definition) is 1. The van der Waals surface area contributed by atoms with Gasteiger partial charge in [0.05, 0.1) is 0 Å². The average molecular weight is 152 g/mol. The maximum Gasteiger partial charge on any atom is 0.150 e. The van der Waals surface area contributed by atoms with Gasteiger partial charge in [0.2, 0.25) is 0 Å². The Labute approximate surface area is 66.4 Å². The molecule has 3 heteroatoms. The van der Waals surface area contributed by atoms with Gasteiger partial charge in [-0.05, 0) is 6.08 Å². The lowest BCUT2D eigenvalue weighted by atomic mass is 10.3. The monoisotopic (exact) mass is 152 g/mol. The van der Waals surface area contributed by atoms with E-state index in [0.29, 0.717) is 5.70 Å². The standard InChI is InChI=1S/C8H12N2O/c1-2-8(7-11)10-5-3-9-4-6-10/h2,9H,1,3-6H2. The lowest BCUT2D eigenvalue weighted by Crippen LogP contribution is -2.42. The van der Waals surface area contributed by atoms with Gasteiger partial charge in [-0.1, -0.05) is 6.58 Å². The van der Waals surface area contributed by atoms with E-state index >= 15 is 0 Å². The Morgan fingerprint density at radius 2 is 2.18 bits per heavy atom. The third-order valence-electron chi connectivity index (χ3n) is 1.76. The van der Waals surface area contributed by atoms with Crippen LogP contribution in [-0.4, -0.2) is 37.0 Å². The third kappa shape index (κ3) is 1.93. The second kappa shape index (κ2) is 3.96. The molecule has 0 aliphatic carbocycles. The minimum atomic E-state index is 0.575. The first kappa shape index (κ1) is 8.05. The van der Waals surface area contributed by atoms with Gasteiger partial charge in [-0.25, -0.2) is 4.79 Å². The maximum absolute atomic E-state index is 10.3. The van der Waals surface area contributed by atoms with E-state index in [0.717, 1.165) is 26.2 Å². The molecule has 1 heterocycles. The van der Waals surface area contributed by atoms with E-state index in [1.54, 1.807) is 6.08 Å². The highest BCUT2D eigenvalue weighted by Crippen LogP contribution is 2.01. The van der Waals surface area contributed by atoms with Gasteiger partial charge in [0.15, 0.2) is 0 Å². The largest absolute Gasteiger partial charge is 0.360 e. The summed E-state index contributed by atoms with van der Waals surface area (Å²) in [5.74, 6) is 1.87. The summed E-state index contributed by atoms with van der Waals surface area (Å²) in [7, 11) is 0. The lowest BCUT2D eigenvalue weighted by molar-refractivity contribution is 0.309. The normalized spacial score (nSPS) is 17.3. The Morgan fingerprint density at radius 3 is 2.64 bits per heavy atom. The van der Waals surface area contributed by atoms with Crippen molar-refractivity contribution in [1.29, 1.82) is 0 Å². The molecule has 0 aromatic carbocycles. The Balaban J connectivity index is 2.57. The highest BCUT2D eigenvalue weighted by molar-refractivity contribution is 5.55. The van der Waals surface area contributed by atoms with Crippen molar-refractivity contribution >= 4 is 5.94 Å². The van der Waals surface area contributed by atoms with Crippen molar-refractivity contribution < 1.29 is 4.79 Å². The van der Waals surface area contributed by atoms with E-state index < -0.39 is 0 Å². The zero-order valence-corrected chi connectivity index (χ0v) is 6.47. The summed E-state index contributed by atoms with van der Waals surface area (Å²) in [5.41, 5.74) is 0.575. The van der Waals surface area contributed by atoms with Crippen LogP contribution in [-0.2, 0) is 4.79 Å². The van der Waals surface area contributed by atoms with Crippen molar-refractivity contribution in [3.63, 3.8) is 0 Å². The quantitative estimate of drug-likeness (QED) is 0.439. The first-order valence-electron chi connectivity index (χ1n) is 3.71. The molecule has 1 fully saturated rings. The summed E-state index contributed by atoms with van der Waals surface area (Å²) < 4.78 is 0. The van der Waals surface area contributed by atoms with E-state index in [1.165, 1.54) is 0 Å². The van der Waals surface area contributed by atoms with Crippen LogP contribution in [0.1, 0.15) is 0 Å². The molecule has 1 rings (SSSR count). The van der Waals surface area contributed by atoms with E-state index in [2.05, 4.69) is 11.9 Å². The molecule has 0 saturated carbocycles. The molecule has 1 saturated heterocycles. The van der Waals surface area contributed by atoms with Crippen LogP contribution < -0.4 is 5.32 Å². The summed E-state index contributed by atoms with van der Waals surface area (Å²) in [6, 6.07) is 0. The number of nitrogens with one attached hydrogen (secondary N) is 1. The molecule has 60 valence electrons. The molecule has 1 N–H and O–H groups in total. The summed E-state index contributed by atoms with van der Waals surface area (Å²) in [4.78, 5) is 12.3. The van der Waals surface area contributed by atoms with Gasteiger partial charge in [0, 0.05) is 26.2 Å². The number of allylic oxidation sites excluding steroid dienone is 1. The van der Waals surface area contributed by atoms with Gasteiger partial charge < -0.3 is 10.2 Å². The predicted octanol–water partition coefficient (Wildman–Crippen LogP) is -0.207. The highest BCUT2D eigenvalue weighted by atomic mass is 16.1. The molecule has 0 amide bonds. The van der Waals surface area contributed by atoms with Gasteiger partial charge in [0.25, 0.3) is 0 Å². The number of rotatable bonds is 2. The molecule has 0 unspecified atom stereocenters. The zero-order chi connectivity index (χ0) is 8.10. The summed E-state index contributed by atoms with van der Waals surface area (Å²) >= 11 is 0. The van der Waals surface area contributed by atoms with Crippen LogP contribution in [0.4, 0.5) is 0 Å². The van der Waals surface area contributed by atoms with Crippen molar-refractivity contribution in [3.8, 4) is 0 Å². The second-order valence-corrected chi connectivity index (χ2v) is 2.43. The Bertz CT molecular complexity index is 188. The topological polar surface area (TPSA) is 32.3 Å². The Morgan fingerprint density at radius 1 is 1.55 bits per heavy atom. The van der Waals surface area contributed by atoms with Crippen LogP contribution in [0, 0.1) is 0 Å². The van der Waals surface area contributed by atoms with Crippen molar-refractivity contribution in [1.82, 2.24) is 10.2 Å². The van der Waals surface area contributed by atoms with Gasteiger partial charge in [-0.3, -0.25) is 0 Å². The first-order chi connectivity index (χ1) is 5.38. The fourth-order valence-electron chi connectivity index (χ4n) is 1.14. The Hall–Kier alpha value is -1.05. The molecule has 3 nitrogen and oxygen atoms in total. The number of hydrogen-bond acceptors (Lipinski definition) is 3. The summed E-state index contributed by atoms with van der Waals surface area (Å²) in [6.45, 7) is 7.15. The molecule has 0 aromatic heterocycles. The fraction of sp³-hybridized carbons (Fsp3) is 0.500. The van der Waals surface area contributed by atoms with Crippen LogP contribution >= 0.6 is 0 Å². The molecule has 1 aliphatic rings. The number of piperazine rings is 1. The van der Waals surface area contributed by atoms with Crippen molar-refractivity contribution in [2.24, 2.45) is 0 Å². The highest BCUT2D eigenvalue weighted by Gasteiger charge is 2.10. The van der Waals surface area contributed by atoms with E-state index in [4.69, 9.17) is 0 Å². The van der Waals surface area contributed by atoms with Gasteiger partial charge in [0.1, 0.15) is 11.6 Å². The molecule has 0 aromatic rings. The van der Waals surface area contributed by atoms with Crippen LogP contribution in [0.2, 0.25) is 0 Å². The van der Waals surface area contributed by atoms with E-state index in [1.807, 2.05) is 10.8 Å². The van der Waals surface area contributed by atoms with E-state index in [-0.39, 0.29) is 0 Å². The minimum absolute atomic E-state index is 0.575. The van der Waals surface area contributed by atoms with Crippen molar-refractivity contribution in [2.75, 3.05) is 26.2 Å². The van der Waals surface area contributed by atoms with Gasteiger partial charge >= 0.3 is 0 Å². The minimum Gasteiger partial charge on any atom is -0.360 e. The molecular weight excluding hydrogens is 140 g/mol. The lowest BCUT2D eigenvalue weighted by Gasteiger charge is -2.27. The average Bonchev–Trinajstić information content (AvgIpc) is 2.09. The molecule has 0 radical (unpaired) electrons. The second-order valence-electron chi connectivity index (χ2n) is 2.43.